The molecule has 2 atom stereocenters. The third-order valence-electron chi connectivity index (χ3n) is 6.51. The maximum atomic E-state index is 14.1. The monoisotopic (exact) mass is 510 g/mol. The van der Waals surface area contributed by atoms with Gasteiger partial charge in [-0.3, -0.25) is 0 Å². The van der Waals surface area contributed by atoms with Gasteiger partial charge in [0.1, 0.15) is 6.54 Å². The number of methoxy groups -OCH3 is 1. The van der Waals surface area contributed by atoms with Crippen molar-refractivity contribution >= 4 is 11.6 Å². The molecule has 1 N–H and O–H groups in total. The van der Waals surface area contributed by atoms with Crippen molar-refractivity contribution in [2.45, 2.75) is 31.6 Å². The normalized spacial score (nSPS) is 21.5. The number of alkyl halides is 3. The highest BCUT2D eigenvalue weighted by molar-refractivity contribution is 5.49. The maximum Gasteiger partial charge on any atom is 0.408 e. The minimum atomic E-state index is -4.63. The van der Waals surface area contributed by atoms with Gasteiger partial charge in [0, 0.05) is 37.1 Å². The highest BCUT2D eigenvalue weighted by atomic mass is 19.4. The van der Waals surface area contributed by atoms with E-state index in [1.54, 1.807) is 13.3 Å². The lowest BCUT2D eigenvalue weighted by Crippen LogP contribution is -2.48. The molecule has 2 aliphatic rings. The Kier molecular flexibility index (Phi) is 6.31. The molecule has 1 saturated heterocycles. The first-order chi connectivity index (χ1) is 17.2. The van der Waals surface area contributed by atoms with Crippen molar-refractivity contribution in [2.75, 3.05) is 30.4 Å². The Bertz CT molecular complexity index is 1220. The Morgan fingerprint density at radius 1 is 1.11 bits per heavy atom. The molecule has 2 aromatic heterocycles. The van der Waals surface area contributed by atoms with Crippen molar-refractivity contribution in [3.63, 3.8) is 0 Å². The molecule has 0 amide bonds. The average Bonchev–Trinajstić information content (AvgIpc) is 3.29. The molecule has 2 unspecified atom stereocenters. The van der Waals surface area contributed by atoms with Crippen molar-refractivity contribution in [1.82, 2.24) is 19.7 Å². The van der Waals surface area contributed by atoms with Crippen molar-refractivity contribution in [2.24, 2.45) is 11.8 Å². The number of piperidine rings is 1. The van der Waals surface area contributed by atoms with Gasteiger partial charge < -0.3 is 19.7 Å². The third-order valence-corrected chi connectivity index (χ3v) is 6.51. The van der Waals surface area contributed by atoms with Crippen LogP contribution in [-0.2, 0) is 6.54 Å². The van der Waals surface area contributed by atoms with Gasteiger partial charge >= 0.3 is 12.2 Å². The molecule has 5 rings (SSSR count). The summed E-state index contributed by atoms with van der Waals surface area (Å²) in [6.45, 7) is -0.0476. The first-order valence-corrected chi connectivity index (χ1v) is 11.3. The molecule has 2 fully saturated rings. The SMILES string of the molecule is COc1cc(N2CC3CCC(C2)C3Nc2nc(Oc3cccc(F)c3F)n(CC(F)(F)F)n2)ccn1. The highest BCUT2D eigenvalue weighted by Crippen LogP contribution is 2.40. The van der Waals surface area contributed by atoms with Crippen LogP contribution >= 0.6 is 0 Å². The van der Waals surface area contributed by atoms with Crippen LogP contribution in [0, 0.1) is 23.5 Å². The number of aromatic nitrogens is 4. The summed E-state index contributed by atoms with van der Waals surface area (Å²) in [5, 5.41) is 7.10. The summed E-state index contributed by atoms with van der Waals surface area (Å²) in [4.78, 5) is 10.4. The van der Waals surface area contributed by atoms with E-state index in [4.69, 9.17) is 9.47 Å². The van der Waals surface area contributed by atoms with E-state index in [9.17, 15) is 22.0 Å². The smallest absolute Gasteiger partial charge is 0.408 e. The van der Waals surface area contributed by atoms with Crippen LogP contribution in [0.2, 0.25) is 0 Å². The summed E-state index contributed by atoms with van der Waals surface area (Å²) in [6, 6.07) is 6.27. The Balaban J connectivity index is 1.35. The van der Waals surface area contributed by atoms with Crippen LogP contribution in [-0.4, -0.2) is 52.2 Å². The van der Waals surface area contributed by atoms with Gasteiger partial charge in [0.05, 0.1) is 7.11 Å². The van der Waals surface area contributed by atoms with Crippen LogP contribution < -0.4 is 19.7 Å². The van der Waals surface area contributed by atoms with E-state index in [-0.39, 0.29) is 23.8 Å². The summed E-state index contributed by atoms with van der Waals surface area (Å²) >= 11 is 0. The van der Waals surface area contributed by atoms with E-state index in [0.717, 1.165) is 43.8 Å². The number of nitrogens with one attached hydrogen (secondary N) is 1. The minimum Gasteiger partial charge on any atom is -0.481 e. The van der Waals surface area contributed by atoms with Crippen LogP contribution in [0.3, 0.4) is 0 Å². The van der Waals surface area contributed by atoms with Crippen LogP contribution in [0.4, 0.5) is 33.6 Å². The number of hydrogen-bond acceptors (Lipinski definition) is 7. The van der Waals surface area contributed by atoms with Gasteiger partial charge in [0.25, 0.3) is 0 Å². The minimum absolute atomic E-state index is 0.0630. The number of benzene rings is 1. The molecular weight excluding hydrogens is 487 g/mol. The molecule has 0 spiro atoms. The first-order valence-electron chi connectivity index (χ1n) is 11.3. The predicted octanol–water partition coefficient (Wildman–Crippen LogP) is 4.64. The second-order valence-electron chi connectivity index (χ2n) is 8.87. The second-order valence-corrected chi connectivity index (χ2v) is 8.87. The molecule has 1 aliphatic heterocycles. The van der Waals surface area contributed by atoms with E-state index in [1.165, 1.54) is 6.07 Å². The largest absolute Gasteiger partial charge is 0.481 e. The van der Waals surface area contributed by atoms with E-state index in [0.29, 0.717) is 10.6 Å². The quantitative estimate of drug-likeness (QED) is 0.464. The van der Waals surface area contributed by atoms with Gasteiger partial charge in [0.15, 0.2) is 11.6 Å². The summed E-state index contributed by atoms with van der Waals surface area (Å²) in [6.07, 6.45) is -1.08. The number of halogens is 5. The number of nitrogens with zero attached hydrogens (tertiary/aromatic N) is 5. The van der Waals surface area contributed by atoms with Crippen LogP contribution in [0.5, 0.6) is 17.6 Å². The van der Waals surface area contributed by atoms with Crippen LogP contribution in [0.1, 0.15) is 12.8 Å². The predicted molar refractivity (Wildman–Crippen MR) is 119 cm³/mol. The number of ether oxygens (including phenoxy) is 2. The second kappa shape index (κ2) is 9.43. The molecule has 36 heavy (non-hydrogen) atoms. The lowest BCUT2D eigenvalue weighted by atomic mass is 9.92. The lowest BCUT2D eigenvalue weighted by Gasteiger charge is -2.39. The Labute approximate surface area is 203 Å². The standard InChI is InChI=1S/C23H23F5N6O2/c1-35-18-9-15(7-8-29-18)33-10-13-5-6-14(11-33)20(13)30-21-31-22(34(32-21)12-23(26,27)28)36-17-4-2-3-16(24)19(17)25/h2-4,7-9,13-14,20H,5-6,10-12H2,1H3,(H,30,32). The molecule has 3 aromatic rings. The molecule has 192 valence electrons. The van der Waals surface area contributed by atoms with E-state index in [1.807, 2.05) is 12.1 Å². The first kappa shape index (κ1) is 24.1. The molecule has 0 radical (unpaired) electrons. The van der Waals surface area contributed by atoms with E-state index in [2.05, 4.69) is 25.3 Å². The molecule has 1 aromatic carbocycles. The Morgan fingerprint density at radius 3 is 2.56 bits per heavy atom. The van der Waals surface area contributed by atoms with Gasteiger partial charge in [-0.15, -0.1) is 5.10 Å². The fraction of sp³-hybridized carbons (Fsp3) is 0.435. The molecule has 3 heterocycles. The zero-order valence-electron chi connectivity index (χ0n) is 19.2. The number of hydrogen-bond donors (Lipinski definition) is 1. The van der Waals surface area contributed by atoms with Crippen molar-refractivity contribution in [1.29, 1.82) is 0 Å². The summed E-state index contributed by atoms with van der Waals surface area (Å²) in [5.41, 5.74) is 0.984. The summed E-state index contributed by atoms with van der Waals surface area (Å²) in [7, 11) is 1.55. The Morgan fingerprint density at radius 2 is 1.86 bits per heavy atom. The van der Waals surface area contributed by atoms with Crippen molar-refractivity contribution < 1.29 is 31.4 Å². The van der Waals surface area contributed by atoms with Gasteiger partial charge in [-0.1, -0.05) is 6.07 Å². The zero-order valence-corrected chi connectivity index (χ0v) is 19.2. The number of anilines is 2. The Hall–Kier alpha value is -3.64. The maximum absolute atomic E-state index is 14.1. The van der Waals surface area contributed by atoms with Gasteiger partial charge in [0.2, 0.25) is 17.6 Å². The average molecular weight is 510 g/mol. The molecule has 13 heteroatoms. The van der Waals surface area contributed by atoms with Crippen LogP contribution in [0.15, 0.2) is 36.5 Å². The molecule has 8 nitrogen and oxygen atoms in total. The highest BCUT2D eigenvalue weighted by Gasteiger charge is 2.43. The fourth-order valence-electron chi connectivity index (χ4n) is 4.92. The number of rotatable bonds is 7. The third kappa shape index (κ3) is 5.00. The topological polar surface area (TPSA) is 77.3 Å². The molecule has 2 bridgehead atoms. The molecule has 1 saturated carbocycles. The fourth-order valence-corrected chi connectivity index (χ4v) is 4.92. The molecular formula is C23H23F5N6O2. The number of fused-ring (bicyclic) bond motifs is 2. The van der Waals surface area contributed by atoms with E-state index >= 15 is 0 Å². The van der Waals surface area contributed by atoms with E-state index < -0.39 is 36.1 Å². The number of pyridine rings is 1. The van der Waals surface area contributed by atoms with Crippen molar-refractivity contribution in [3.8, 4) is 17.6 Å². The van der Waals surface area contributed by atoms with Gasteiger partial charge in [-0.25, -0.2) is 14.1 Å². The lowest BCUT2D eigenvalue weighted by molar-refractivity contribution is -0.143. The molecule has 1 aliphatic carbocycles. The van der Waals surface area contributed by atoms with Crippen molar-refractivity contribution in [3.05, 3.63) is 48.2 Å². The summed E-state index contributed by atoms with van der Waals surface area (Å²) < 4.78 is 78.0. The zero-order chi connectivity index (χ0) is 25.4. The van der Waals surface area contributed by atoms with Gasteiger partial charge in [-0.2, -0.15) is 22.5 Å². The summed E-state index contributed by atoms with van der Waals surface area (Å²) in [5.74, 6) is -2.26. The van der Waals surface area contributed by atoms with Gasteiger partial charge in [-0.05, 0) is 42.9 Å². The van der Waals surface area contributed by atoms with Crippen LogP contribution in [0.25, 0.3) is 0 Å².